The van der Waals surface area contributed by atoms with Gasteiger partial charge >= 0.3 is 5.69 Å². The van der Waals surface area contributed by atoms with Crippen LogP contribution < -0.4 is 10.2 Å². The molecule has 120 valence electrons. The molecule has 0 aliphatic carbocycles. The van der Waals surface area contributed by atoms with Gasteiger partial charge in [-0.3, -0.25) is 10.1 Å². The normalized spacial score (nSPS) is 14.6. The molecule has 0 radical (unpaired) electrons. The topological polar surface area (TPSA) is 84.2 Å². The molecule has 23 heavy (non-hydrogen) atoms. The van der Waals surface area contributed by atoms with Crippen molar-refractivity contribution in [2.24, 2.45) is 0 Å². The summed E-state index contributed by atoms with van der Waals surface area (Å²) in [5.74, 6) is 0.633. The van der Waals surface area contributed by atoms with E-state index in [2.05, 4.69) is 15.3 Å². The molecule has 1 aliphatic rings. The Bertz CT molecular complexity index is 696. The van der Waals surface area contributed by atoms with Crippen LogP contribution in [0.25, 0.3) is 0 Å². The second-order valence-electron chi connectivity index (χ2n) is 5.69. The molecule has 0 bridgehead atoms. The quantitative estimate of drug-likeness (QED) is 0.687. The Morgan fingerprint density at radius 3 is 2.48 bits per heavy atom. The van der Waals surface area contributed by atoms with Gasteiger partial charge in [0.25, 0.3) is 0 Å². The van der Waals surface area contributed by atoms with Gasteiger partial charge in [0.1, 0.15) is 6.33 Å². The van der Waals surface area contributed by atoms with E-state index in [0.29, 0.717) is 5.82 Å². The van der Waals surface area contributed by atoms with Crippen molar-refractivity contribution >= 4 is 23.0 Å². The minimum Gasteiger partial charge on any atom is -0.351 e. The third-order valence-corrected chi connectivity index (χ3v) is 3.96. The van der Waals surface area contributed by atoms with Crippen molar-refractivity contribution in [1.82, 2.24) is 9.97 Å². The predicted octanol–water partition coefficient (Wildman–Crippen LogP) is 3.43. The Morgan fingerprint density at radius 1 is 1.13 bits per heavy atom. The SMILES string of the molecule is Cc1ccc(Nc2ncnc(N3CCCCC3)c2[N+](=O)[O-])cc1. The first-order chi connectivity index (χ1) is 11.1. The number of nitro groups is 1. The zero-order valence-electron chi connectivity index (χ0n) is 13.0. The second-order valence-corrected chi connectivity index (χ2v) is 5.69. The first kappa shape index (κ1) is 15.2. The van der Waals surface area contributed by atoms with Gasteiger partial charge in [-0.1, -0.05) is 17.7 Å². The Hall–Kier alpha value is -2.70. The smallest absolute Gasteiger partial charge is 0.351 e. The molecule has 0 spiro atoms. The van der Waals surface area contributed by atoms with Crippen LogP contribution in [0.2, 0.25) is 0 Å². The fourth-order valence-corrected chi connectivity index (χ4v) is 2.74. The van der Waals surface area contributed by atoms with Gasteiger partial charge in [0, 0.05) is 18.8 Å². The summed E-state index contributed by atoms with van der Waals surface area (Å²) in [5.41, 5.74) is 1.83. The predicted molar refractivity (Wildman–Crippen MR) is 89.2 cm³/mol. The summed E-state index contributed by atoms with van der Waals surface area (Å²) >= 11 is 0. The number of rotatable bonds is 4. The summed E-state index contributed by atoms with van der Waals surface area (Å²) in [5, 5.41) is 14.6. The van der Waals surface area contributed by atoms with E-state index in [9.17, 15) is 10.1 Å². The van der Waals surface area contributed by atoms with E-state index < -0.39 is 4.92 Å². The maximum Gasteiger partial charge on any atom is 0.353 e. The summed E-state index contributed by atoms with van der Waals surface area (Å²) in [4.78, 5) is 21.4. The van der Waals surface area contributed by atoms with Crippen molar-refractivity contribution in [2.75, 3.05) is 23.3 Å². The molecule has 3 rings (SSSR count). The first-order valence-corrected chi connectivity index (χ1v) is 7.73. The fourth-order valence-electron chi connectivity index (χ4n) is 2.74. The maximum absolute atomic E-state index is 11.6. The van der Waals surface area contributed by atoms with Crippen molar-refractivity contribution in [3.8, 4) is 0 Å². The Labute approximate surface area is 134 Å². The summed E-state index contributed by atoms with van der Waals surface area (Å²) < 4.78 is 0. The van der Waals surface area contributed by atoms with E-state index in [4.69, 9.17) is 0 Å². The average molecular weight is 313 g/mol. The Balaban J connectivity index is 1.95. The highest BCUT2D eigenvalue weighted by Crippen LogP contribution is 2.34. The van der Waals surface area contributed by atoms with E-state index in [1.165, 1.54) is 6.33 Å². The number of nitrogens with zero attached hydrogens (tertiary/aromatic N) is 4. The number of hydrogen-bond acceptors (Lipinski definition) is 6. The third-order valence-electron chi connectivity index (χ3n) is 3.96. The lowest BCUT2D eigenvalue weighted by molar-refractivity contribution is -0.383. The van der Waals surface area contributed by atoms with Gasteiger partial charge in [0.15, 0.2) is 0 Å². The molecule has 1 N–H and O–H groups in total. The van der Waals surface area contributed by atoms with Crippen LogP contribution in [0.1, 0.15) is 24.8 Å². The van der Waals surface area contributed by atoms with Gasteiger partial charge in [-0.15, -0.1) is 0 Å². The van der Waals surface area contributed by atoms with Crippen molar-refractivity contribution in [3.05, 3.63) is 46.3 Å². The number of anilines is 3. The minimum absolute atomic E-state index is 0.0602. The fraction of sp³-hybridized carbons (Fsp3) is 0.375. The molecule has 2 aromatic rings. The maximum atomic E-state index is 11.6. The molecular formula is C16H19N5O2. The standard InChI is InChI=1S/C16H19N5O2/c1-12-5-7-13(8-6-12)19-15-14(21(22)23)16(18-11-17-15)20-9-3-2-4-10-20/h5-8,11H,2-4,9-10H2,1H3,(H,17,18,19). The minimum atomic E-state index is -0.402. The van der Waals surface area contributed by atoms with Crippen LogP contribution >= 0.6 is 0 Å². The van der Waals surface area contributed by atoms with E-state index in [0.717, 1.165) is 43.6 Å². The Kier molecular flexibility index (Phi) is 4.36. The number of hydrogen-bond donors (Lipinski definition) is 1. The lowest BCUT2D eigenvalue weighted by Crippen LogP contribution is -2.31. The largest absolute Gasteiger partial charge is 0.353 e. The lowest BCUT2D eigenvalue weighted by atomic mass is 10.1. The van der Waals surface area contributed by atoms with Gasteiger partial charge in [-0.25, -0.2) is 9.97 Å². The monoisotopic (exact) mass is 313 g/mol. The van der Waals surface area contributed by atoms with Gasteiger partial charge in [0.2, 0.25) is 11.6 Å². The number of nitrogens with one attached hydrogen (secondary N) is 1. The molecule has 1 aromatic carbocycles. The Morgan fingerprint density at radius 2 is 1.83 bits per heavy atom. The second kappa shape index (κ2) is 6.60. The van der Waals surface area contributed by atoms with Crippen molar-refractivity contribution in [2.45, 2.75) is 26.2 Å². The molecule has 1 saturated heterocycles. The van der Waals surface area contributed by atoms with Crippen LogP contribution in [0, 0.1) is 17.0 Å². The summed E-state index contributed by atoms with van der Waals surface area (Å²) in [7, 11) is 0. The lowest BCUT2D eigenvalue weighted by Gasteiger charge is -2.27. The highest BCUT2D eigenvalue weighted by atomic mass is 16.6. The summed E-state index contributed by atoms with van der Waals surface area (Å²) in [6.07, 6.45) is 4.60. The van der Waals surface area contributed by atoms with E-state index in [1.807, 2.05) is 36.1 Å². The van der Waals surface area contributed by atoms with Crippen LogP contribution in [-0.4, -0.2) is 28.0 Å². The van der Waals surface area contributed by atoms with Gasteiger partial charge in [0.05, 0.1) is 4.92 Å². The van der Waals surface area contributed by atoms with Crippen LogP contribution in [0.15, 0.2) is 30.6 Å². The molecule has 0 amide bonds. The third kappa shape index (κ3) is 3.39. The molecule has 0 saturated carbocycles. The number of piperidine rings is 1. The highest BCUT2D eigenvalue weighted by Gasteiger charge is 2.27. The van der Waals surface area contributed by atoms with Crippen LogP contribution in [0.5, 0.6) is 0 Å². The van der Waals surface area contributed by atoms with Gasteiger partial charge in [-0.05, 0) is 38.3 Å². The molecule has 7 nitrogen and oxygen atoms in total. The van der Waals surface area contributed by atoms with E-state index >= 15 is 0 Å². The van der Waals surface area contributed by atoms with Crippen molar-refractivity contribution < 1.29 is 4.92 Å². The highest BCUT2D eigenvalue weighted by molar-refractivity contribution is 5.74. The van der Waals surface area contributed by atoms with Crippen LogP contribution in [-0.2, 0) is 0 Å². The van der Waals surface area contributed by atoms with Gasteiger partial charge < -0.3 is 10.2 Å². The molecule has 7 heteroatoms. The zero-order valence-corrected chi connectivity index (χ0v) is 13.0. The average Bonchev–Trinajstić information content (AvgIpc) is 2.57. The molecule has 1 fully saturated rings. The van der Waals surface area contributed by atoms with E-state index in [-0.39, 0.29) is 11.5 Å². The van der Waals surface area contributed by atoms with Crippen molar-refractivity contribution in [1.29, 1.82) is 0 Å². The summed E-state index contributed by atoms with van der Waals surface area (Å²) in [6, 6.07) is 7.64. The molecular weight excluding hydrogens is 294 g/mol. The zero-order chi connectivity index (χ0) is 16.2. The molecule has 1 aliphatic heterocycles. The summed E-state index contributed by atoms with van der Waals surface area (Å²) in [6.45, 7) is 3.58. The number of aryl methyl sites for hydroxylation is 1. The molecule has 2 heterocycles. The molecule has 1 aromatic heterocycles. The van der Waals surface area contributed by atoms with Crippen molar-refractivity contribution in [3.63, 3.8) is 0 Å². The molecule has 0 unspecified atom stereocenters. The van der Waals surface area contributed by atoms with Crippen LogP contribution in [0.3, 0.4) is 0 Å². The van der Waals surface area contributed by atoms with Gasteiger partial charge in [-0.2, -0.15) is 0 Å². The number of benzene rings is 1. The molecule has 0 atom stereocenters. The number of aromatic nitrogens is 2. The van der Waals surface area contributed by atoms with Crippen LogP contribution in [0.4, 0.5) is 23.0 Å². The van der Waals surface area contributed by atoms with E-state index in [1.54, 1.807) is 0 Å². The first-order valence-electron chi connectivity index (χ1n) is 7.73.